The topological polar surface area (TPSA) is 61.8 Å². The third-order valence-corrected chi connectivity index (χ3v) is 5.33. The van der Waals surface area contributed by atoms with Crippen LogP contribution in [0.25, 0.3) is 0 Å². The number of hydrogen-bond donors (Lipinski definition) is 2. The van der Waals surface area contributed by atoms with E-state index in [1.807, 2.05) is 0 Å². The highest BCUT2D eigenvalue weighted by Gasteiger charge is 2.33. The van der Waals surface area contributed by atoms with E-state index >= 15 is 0 Å². The fourth-order valence-electron chi connectivity index (χ4n) is 3.53. The van der Waals surface area contributed by atoms with Crippen LogP contribution in [0, 0.1) is 5.82 Å². The Kier molecular flexibility index (Phi) is 6.21. The summed E-state index contributed by atoms with van der Waals surface area (Å²) in [7, 11) is 0. The highest BCUT2D eigenvalue weighted by atomic mass is 32.1. The lowest BCUT2D eigenvalue weighted by atomic mass is 9.82. The molecule has 1 amide bonds. The van der Waals surface area contributed by atoms with Gasteiger partial charge in [-0.15, -0.1) is 0 Å². The van der Waals surface area contributed by atoms with E-state index in [1.54, 1.807) is 12.1 Å². The van der Waals surface area contributed by atoms with Crippen LogP contribution in [0.15, 0.2) is 18.2 Å². The van der Waals surface area contributed by atoms with Crippen LogP contribution in [0.3, 0.4) is 0 Å². The maximum Gasteiger partial charge on any atom is 0.414 e. The van der Waals surface area contributed by atoms with Crippen molar-refractivity contribution in [2.45, 2.75) is 50.2 Å². The first kappa shape index (κ1) is 19.9. The van der Waals surface area contributed by atoms with Gasteiger partial charge in [-0.05, 0) is 49.3 Å². The molecule has 1 unspecified atom stereocenters. The van der Waals surface area contributed by atoms with Crippen LogP contribution in [0.1, 0.15) is 37.2 Å². The molecule has 27 heavy (non-hydrogen) atoms. The number of aliphatic hydroxyl groups is 1. The second-order valence-electron chi connectivity index (χ2n) is 6.87. The van der Waals surface area contributed by atoms with Crippen molar-refractivity contribution in [3.63, 3.8) is 0 Å². The van der Waals surface area contributed by atoms with Gasteiger partial charge in [0, 0.05) is 0 Å². The summed E-state index contributed by atoms with van der Waals surface area (Å²) in [6.07, 6.45) is -1.64. The van der Waals surface area contributed by atoms with Gasteiger partial charge in [-0.25, -0.2) is 18.0 Å². The van der Waals surface area contributed by atoms with Crippen molar-refractivity contribution in [1.29, 1.82) is 0 Å². The molecular weight excluding hydrogens is 381 g/mol. The fourth-order valence-corrected chi connectivity index (χ4v) is 3.62. The molecule has 1 aromatic rings. The Morgan fingerprint density at radius 2 is 2.04 bits per heavy atom. The molecule has 1 aliphatic carbocycles. The molecule has 3 rings (SSSR count). The first-order valence-electron chi connectivity index (χ1n) is 8.86. The lowest BCUT2D eigenvalue weighted by molar-refractivity contribution is 0.122. The summed E-state index contributed by atoms with van der Waals surface area (Å²) in [5, 5.41) is 12.0. The minimum atomic E-state index is -2.77. The monoisotopic (exact) mass is 402 g/mol. The largest absolute Gasteiger partial charge is 0.442 e. The molecule has 1 saturated carbocycles. The third-order valence-electron chi connectivity index (χ3n) is 5.01. The quantitative estimate of drug-likeness (QED) is 0.740. The van der Waals surface area contributed by atoms with Gasteiger partial charge in [-0.2, -0.15) is 0 Å². The van der Waals surface area contributed by atoms with Crippen LogP contribution < -0.4 is 10.2 Å². The zero-order valence-electron chi connectivity index (χ0n) is 14.5. The van der Waals surface area contributed by atoms with Gasteiger partial charge in [0.15, 0.2) is 0 Å². The summed E-state index contributed by atoms with van der Waals surface area (Å²) >= 11 is 4.49. The van der Waals surface area contributed by atoms with Gasteiger partial charge in [0.2, 0.25) is 0 Å². The minimum absolute atomic E-state index is 0.0314. The van der Waals surface area contributed by atoms with Crippen LogP contribution in [-0.2, 0) is 4.74 Å². The van der Waals surface area contributed by atoms with Crippen LogP contribution in [-0.4, -0.2) is 47.9 Å². The number of thiocarbonyl (C=S) groups is 1. The number of halogens is 3. The Balaban J connectivity index is 1.63. The van der Waals surface area contributed by atoms with E-state index in [1.165, 1.54) is 11.0 Å². The predicted molar refractivity (Wildman–Crippen MR) is 97.8 cm³/mol. The summed E-state index contributed by atoms with van der Waals surface area (Å²) in [6.45, 7) is 0.0858. The lowest BCUT2D eigenvalue weighted by Gasteiger charge is -2.26. The van der Waals surface area contributed by atoms with Crippen molar-refractivity contribution in [1.82, 2.24) is 5.32 Å². The summed E-state index contributed by atoms with van der Waals surface area (Å²) in [6, 6.07) is 4.61. The molecule has 1 atom stereocenters. The van der Waals surface area contributed by atoms with Gasteiger partial charge in [0.25, 0.3) is 6.43 Å². The van der Waals surface area contributed by atoms with Crippen LogP contribution >= 0.6 is 12.2 Å². The Morgan fingerprint density at radius 3 is 2.67 bits per heavy atom. The Morgan fingerprint density at radius 1 is 1.33 bits per heavy atom. The van der Waals surface area contributed by atoms with Gasteiger partial charge in [0.1, 0.15) is 16.9 Å². The van der Waals surface area contributed by atoms with Crippen molar-refractivity contribution in [3.05, 3.63) is 29.6 Å². The normalized spacial score (nSPS) is 25.6. The number of carbonyl (C=O) groups excluding carboxylic acids is 1. The predicted octanol–water partition coefficient (Wildman–Crippen LogP) is 3.35. The standard InChI is InChI=1S/C18H21F3N2O3S/c19-15-7-11(3-6-14(15)10-1-4-12(24)5-2-10)23-9-13(26-18(23)25)8-22-17(27)16(20)21/h3,6-7,10,12-13,16,24H,1-2,4-5,8-9H2,(H,22,27). The van der Waals surface area contributed by atoms with Gasteiger partial charge in [-0.1, -0.05) is 18.3 Å². The summed E-state index contributed by atoms with van der Waals surface area (Å²) in [5.74, 6) is -0.345. The van der Waals surface area contributed by atoms with Gasteiger partial charge in [0.05, 0.1) is 24.9 Å². The van der Waals surface area contributed by atoms with E-state index in [0.29, 0.717) is 24.1 Å². The molecular formula is C18H21F3N2O3S. The number of aliphatic hydroxyl groups excluding tert-OH is 1. The van der Waals surface area contributed by atoms with Crippen molar-refractivity contribution in [3.8, 4) is 0 Å². The molecule has 2 N–H and O–H groups in total. The molecule has 148 valence electrons. The number of hydrogen-bond acceptors (Lipinski definition) is 4. The molecule has 1 aliphatic heterocycles. The number of benzene rings is 1. The SMILES string of the molecule is O=C1OC(CNC(=S)C(F)F)CN1c1ccc(C2CCC(O)CC2)c(F)c1. The van der Waals surface area contributed by atoms with E-state index in [-0.39, 0.29) is 25.1 Å². The van der Waals surface area contributed by atoms with Crippen LogP contribution in [0.5, 0.6) is 0 Å². The Hall–Kier alpha value is -1.87. The van der Waals surface area contributed by atoms with Crippen molar-refractivity contribution in [2.24, 2.45) is 0 Å². The third kappa shape index (κ3) is 4.70. The number of carbonyl (C=O) groups is 1. The van der Waals surface area contributed by atoms with E-state index < -0.39 is 29.4 Å². The number of cyclic esters (lactones) is 1. The van der Waals surface area contributed by atoms with Crippen LogP contribution in [0.2, 0.25) is 0 Å². The van der Waals surface area contributed by atoms with E-state index in [2.05, 4.69) is 17.5 Å². The smallest absolute Gasteiger partial charge is 0.414 e. The molecule has 5 nitrogen and oxygen atoms in total. The average molecular weight is 402 g/mol. The van der Waals surface area contributed by atoms with Crippen molar-refractivity contribution < 1.29 is 27.8 Å². The maximum atomic E-state index is 14.6. The van der Waals surface area contributed by atoms with Gasteiger partial charge in [-0.3, -0.25) is 4.90 Å². The number of nitrogens with one attached hydrogen (secondary N) is 1. The van der Waals surface area contributed by atoms with Crippen molar-refractivity contribution in [2.75, 3.05) is 18.0 Å². The summed E-state index contributed by atoms with van der Waals surface area (Å²) < 4.78 is 44.5. The van der Waals surface area contributed by atoms with E-state index in [0.717, 1.165) is 12.8 Å². The van der Waals surface area contributed by atoms with Crippen molar-refractivity contribution >= 4 is 29.0 Å². The molecule has 0 spiro atoms. The average Bonchev–Trinajstić information content (AvgIpc) is 3.01. The van der Waals surface area contributed by atoms with Gasteiger partial charge < -0.3 is 15.2 Å². The summed E-state index contributed by atoms with van der Waals surface area (Å²) in [5.41, 5.74) is 0.940. The number of amides is 1. The Labute approximate surface area is 160 Å². The Bertz CT molecular complexity index is 711. The number of nitrogens with zero attached hydrogens (tertiary/aromatic N) is 1. The number of ether oxygens (including phenoxy) is 1. The highest BCUT2D eigenvalue weighted by Crippen LogP contribution is 2.35. The molecule has 1 heterocycles. The molecule has 1 aromatic carbocycles. The first-order valence-corrected chi connectivity index (χ1v) is 9.27. The molecule has 2 aliphatic rings. The molecule has 0 aromatic heterocycles. The molecule has 1 saturated heterocycles. The first-order chi connectivity index (χ1) is 12.8. The zero-order chi connectivity index (χ0) is 19.6. The minimum Gasteiger partial charge on any atom is -0.442 e. The van der Waals surface area contributed by atoms with E-state index in [4.69, 9.17) is 4.74 Å². The second kappa shape index (κ2) is 8.43. The summed E-state index contributed by atoms with van der Waals surface area (Å²) in [4.78, 5) is 12.7. The zero-order valence-corrected chi connectivity index (χ0v) is 15.4. The second-order valence-corrected chi connectivity index (χ2v) is 7.31. The fraction of sp³-hybridized carbons (Fsp3) is 0.556. The lowest BCUT2D eigenvalue weighted by Crippen LogP contribution is -2.36. The molecule has 0 bridgehead atoms. The molecule has 2 fully saturated rings. The van der Waals surface area contributed by atoms with Gasteiger partial charge >= 0.3 is 6.09 Å². The number of alkyl halides is 2. The van der Waals surface area contributed by atoms with E-state index in [9.17, 15) is 23.1 Å². The molecule has 9 heteroatoms. The number of rotatable bonds is 5. The molecule has 0 radical (unpaired) electrons. The highest BCUT2D eigenvalue weighted by molar-refractivity contribution is 7.80. The number of anilines is 1. The van der Waals surface area contributed by atoms with Crippen LogP contribution in [0.4, 0.5) is 23.7 Å². The maximum absolute atomic E-state index is 14.6.